The topological polar surface area (TPSA) is 35.5 Å². The molecule has 0 radical (unpaired) electrons. The standard InChI is InChI=1S/C13H16O3/c1-6-8-16-11(4)10(3)9-12(7-2)13(14)15-5/h6-9H,2-4H2,1,5H3. The summed E-state index contributed by atoms with van der Waals surface area (Å²) in [4.78, 5) is 11.2. The molecule has 3 heteroatoms. The van der Waals surface area contributed by atoms with Gasteiger partial charge in [0.15, 0.2) is 0 Å². The van der Waals surface area contributed by atoms with E-state index in [1.807, 2.05) is 6.92 Å². The van der Waals surface area contributed by atoms with E-state index in [1.54, 1.807) is 6.08 Å². The van der Waals surface area contributed by atoms with E-state index < -0.39 is 5.97 Å². The molecule has 0 heterocycles. The molecule has 0 bridgehead atoms. The molecule has 0 aliphatic carbocycles. The second-order valence-corrected chi connectivity index (χ2v) is 2.83. The highest BCUT2D eigenvalue weighted by Crippen LogP contribution is 2.12. The molecule has 0 rings (SSSR count). The molecule has 0 aliphatic rings. The van der Waals surface area contributed by atoms with Gasteiger partial charge in [-0.25, -0.2) is 4.79 Å². The molecule has 86 valence electrons. The molecule has 0 atom stereocenters. The molecule has 16 heavy (non-hydrogen) atoms. The second-order valence-electron chi connectivity index (χ2n) is 2.83. The van der Waals surface area contributed by atoms with E-state index in [-0.39, 0.29) is 0 Å². The van der Waals surface area contributed by atoms with Crippen LogP contribution in [-0.4, -0.2) is 13.1 Å². The second kappa shape index (κ2) is 7.29. The van der Waals surface area contributed by atoms with Crippen LogP contribution in [0.4, 0.5) is 0 Å². The molecule has 3 nitrogen and oxygen atoms in total. The Kier molecular flexibility index (Phi) is 6.36. The first-order valence-corrected chi connectivity index (χ1v) is 4.65. The molecule has 0 fully saturated rings. The van der Waals surface area contributed by atoms with Gasteiger partial charge in [-0.1, -0.05) is 31.9 Å². The number of carbonyl (C=O) groups is 1. The van der Waals surface area contributed by atoms with E-state index in [1.165, 1.54) is 25.5 Å². The summed E-state index contributed by atoms with van der Waals surface area (Å²) < 4.78 is 9.67. The van der Waals surface area contributed by atoms with Gasteiger partial charge in [0, 0.05) is 5.57 Å². The number of ether oxygens (including phenoxy) is 2. The lowest BCUT2D eigenvalue weighted by Crippen LogP contribution is -2.03. The Morgan fingerprint density at radius 2 is 1.94 bits per heavy atom. The van der Waals surface area contributed by atoms with Crippen LogP contribution in [0, 0.1) is 0 Å². The van der Waals surface area contributed by atoms with Crippen molar-refractivity contribution in [2.24, 2.45) is 0 Å². The van der Waals surface area contributed by atoms with Gasteiger partial charge in [-0.05, 0) is 13.0 Å². The van der Waals surface area contributed by atoms with Crippen molar-refractivity contribution in [1.82, 2.24) is 0 Å². The van der Waals surface area contributed by atoms with Crippen molar-refractivity contribution in [3.8, 4) is 0 Å². The minimum atomic E-state index is -0.477. The number of rotatable bonds is 6. The van der Waals surface area contributed by atoms with E-state index >= 15 is 0 Å². The van der Waals surface area contributed by atoms with Gasteiger partial charge < -0.3 is 9.47 Å². The van der Waals surface area contributed by atoms with E-state index in [0.717, 1.165) is 0 Å². The first-order chi connectivity index (χ1) is 7.56. The predicted octanol–water partition coefficient (Wildman–Crippen LogP) is 2.89. The van der Waals surface area contributed by atoms with Crippen molar-refractivity contribution in [3.05, 3.63) is 61.1 Å². The quantitative estimate of drug-likeness (QED) is 0.299. The van der Waals surface area contributed by atoms with Crippen LogP contribution in [0.15, 0.2) is 61.1 Å². The summed E-state index contributed by atoms with van der Waals surface area (Å²) >= 11 is 0. The fourth-order valence-corrected chi connectivity index (χ4v) is 0.813. The summed E-state index contributed by atoms with van der Waals surface area (Å²) in [5, 5.41) is 0. The number of hydrogen-bond acceptors (Lipinski definition) is 3. The summed E-state index contributed by atoms with van der Waals surface area (Å²) in [7, 11) is 1.30. The summed E-state index contributed by atoms with van der Waals surface area (Å²) in [6.45, 7) is 12.7. The largest absolute Gasteiger partial charge is 0.465 e. The lowest BCUT2D eigenvalue weighted by atomic mass is 10.1. The van der Waals surface area contributed by atoms with E-state index in [9.17, 15) is 4.79 Å². The number of hydrogen-bond donors (Lipinski definition) is 0. The van der Waals surface area contributed by atoms with Crippen molar-refractivity contribution < 1.29 is 14.3 Å². The molecule has 0 aromatic rings. The van der Waals surface area contributed by atoms with Crippen LogP contribution in [0.2, 0.25) is 0 Å². The molecule has 0 unspecified atom stereocenters. The van der Waals surface area contributed by atoms with Gasteiger partial charge in [0.2, 0.25) is 0 Å². The average molecular weight is 220 g/mol. The fourth-order valence-electron chi connectivity index (χ4n) is 0.813. The minimum Gasteiger partial charge on any atom is -0.465 e. The Labute approximate surface area is 96.1 Å². The predicted molar refractivity (Wildman–Crippen MR) is 64.5 cm³/mol. The smallest absolute Gasteiger partial charge is 0.337 e. The maximum Gasteiger partial charge on any atom is 0.337 e. The van der Waals surface area contributed by atoms with Gasteiger partial charge in [0.05, 0.1) is 18.9 Å². The third-order valence-corrected chi connectivity index (χ3v) is 1.68. The lowest BCUT2D eigenvalue weighted by molar-refractivity contribution is -0.135. The zero-order valence-electron chi connectivity index (χ0n) is 9.66. The average Bonchev–Trinajstić information content (AvgIpc) is 2.31. The molecule has 0 aromatic heterocycles. The van der Waals surface area contributed by atoms with Crippen LogP contribution in [0.25, 0.3) is 0 Å². The summed E-state index contributed by atoms with van der Waals surface area (Å²) in [5.41, 5.74) is 0.788. The molecule has 0 amide bonds. The van der Waals surface area contributed by atoms with Gasteiger partial charge >= 0.3 is 5.97 Å². The van der Waals surface area contributed by atoms with Gasteiger partial charge in [-0.15, -0.1) is 0 Å². The lowest BCUT2D eigenvalue weighted by Gasteiger charge is -2.05. The SMILES string of the molecule is C=CC(=CC(=C)C(=C)OC=CC)C(=O)OC. The molecule has 0 spiro atoms. The Morgan fingerprint density at radius 1 is 1.31 bits per heavy atom. The van der Waals surface area contributed by atoms with Crippen LogP contribution < -0.4 is 0 Å². The molecular formula is C13H16O3. The summed E-state index contributed by atoms with van der Waals surface area (Å²) in [6, 6.07) is 0. The van der Waals surface area contributed by atoms with Crippen molar-refractivity contribution in [2.75, 3.05) is 7.11 Å². The van der Waals surface area contributed by atoms with Gasteiger partial charge in [0.25, 0.3) is 0 Å². The van der Waals surface area contributed by atoms with E-state index in [2.05, 4.69) is 24.5 Å². The fraction of sp³-hybridized carbons (Fsp3) is 0.154. The minimum absolute atomic E-state index is 0.303. The first kappa shape index (κ1) is 14.0. The Bertz CT molecular complexity index is 359. The van der Waals surface area contributed by atoms with Gasteiger partial charge in [0.1, 0.15) is 5.76 Å². The number of esters is 1. The highest BCUT2D eigenvalue weighted by atomic mass is 16.5. The van der Waals surface area contributed by atoms with Crippen molar-refractivity contribution in [1.29, 1.82) is 0 Å². The third-order valence-electron chi connectivity index (χ3n) is 1.68. The van der Waals surface area contributed by atoms with E-state index in [0.29, 0.717) is 16.9 Å². The maximum atomic E-state index is 11.2. The van der Waals surface area contributed by atoms with Gasteiger partial charge in [-0.2, -0.15) is 0 Å². The summed E-state index contributed by atoms with van der Waals surface area (Å²) in [6.07, 6.45) is 6.09. The zero-order chi connectivity index (χ0) is 12.6. The first-order valence-electron chi connectivity index (χ1n) is 4.65. The molecule has 0 aliphatic heterocycles. The molecule has 0 N–H and O–H groups in total. The van der Waals surface area contributed by atoms with Crippen LogP contribution in [0.3, 0.4) is 0 Å². The molecule has 0 saturated heterocycles. The molecular weight excluding hydrogens is 204 g/mol. The highest BCUT2D eigenvalue weighted by molar-refractivity contribution is 5.92. The third kappa shape index (κ3) is 4.46. The van der Waals surface area contributed by atoms with Crippen LogP contribution in [0.1, 0.15) is 6.92 Å². The van der Waals surface area contributed by atoms with Gasteiger partial charge in [-0.3, -0.25) is 0 Å². The van der Waals surface area contributed by atoms with E-state index in [4.69, 9.17) is 4.74 Å². The van der Waals surface area contributed by atoms with Crippen molar-refractivity contribution in [3.63, 3.8) is 0 Å². The normalized spacial score (nSPS) is 11.0. The van der Waals surface area contributed by atoms with Crippen molar-refractivity contribution in [2.45, 2.75) is 6.92 Å². The van der Waals surface area contributed by atoms with Crippen LogP contribution in [-0.2, 0) is 14.3 Å². The maximum absolute atomic E-state index is 11.2. The zero-order valence-corrected chi connectivity index (χ0v) is 9.66. The van der Waals surface area contributed by atoms with Crippen LogP contribution >= 0.6 is 0 Å². The monoisotopic (exact) mass is 220 g/mol. The Hall–Kier alpha value is -2.03. The van der Waals surface area contributed by atoms with Crippen molar-refractivity contribution >= 4 is 5.97 Å². The number of allylic oxidation sites excluding steroid dienone is 2. The Morgan fingerprint density at radius 3 is 2.38 bits per heavy atom. The molecule has 0 aromatic carbocycles. The number of methoxy groups -OCH3 is 1. The molecule has 0 saturated carbocycles. The van der Waals surface area contributed by atoms with Crippen LogP contribution in [0.5, 0.6) is 0 Å². The highest BCUT2D eigenvalue weighted by Gasteiger charge is 2.07. The summed E-state index contributed by atoms with van der Waals surface area (Å²) in [5.74, 6) is -0.115. The number of carbonyl (C=O) groups excluding carboxylic acids is 1. The Balaban J connectivity index is 4.72.